The summed E-state index contributed by atoms with van der Waals surface area (Å²) in [5, 5.41) is 9.53. The number of halogens is 1. The quantitative estimate of drug-likeness (QED) is 0.519. The van der Waals surface area contributed by atoms with Crippen LogP contribution in [0.15, 0.2) is 71.3 Å². The third kappa shape index (κ3) is 4.44. The van der Waals surface area contributed by atoms with Crippen molar-refractivity contribution in [3.8, 4) is 11.4 Å². The number of benzene rings is 2. The lowest BCUT2D eigenvalue weighted by Gasteiger charge is -2.09. The molecule has 0 aliphatic rings. The van der Waals surface area contributed by atoms with E-state index in [2.05, 4.69) is 25.8 Å². The van der Waals surface area contributed by atoms with E-state index < -0.39 is 11.7 Å². The minimum Gasteiger partial charge on any atom is -0.360 e. The van der Waals surface area contributed by atoms with Gasteiger partial charge in [-0.2, -0.15) is 0 Å². The first-order chi connectivity index (χ1) is 14.1. The van der Waals surface area contributed by atoms with E-state index in [1.165, 1.54) is 24.3 Å². The van der Waals surface area contributed by atoms with Crippen LogP contribution in [0.2, 0.25) is 0 Å². The predicted molar refractivity (Wildman–Crippen MR) is 106 cm³/mol. The standard InChI is InChI=1S/C21H16FN5O2/c1-13-10-19(27-29-13)25-18-12-17(21(28)23-16-9-5-8-15(22)11-16)24-20(26-18)14-6-3-2-4-7-14/h2-12H,1H3,(H,23,28)(H,24,25,26,27). The normalized spacial score (nSPS) is 10.6. The van der Waals surface area contributed by atoms with E-state index in [4.69, 9.17) is 4.52 Å². The lowest BCUT2D eigenvalue weighted by atomic mass is 10.2. The zero-order valence-electron chi connectivity index (χ0n) is 15.4. The number of nitrogens with one attached hydrogen (secondary N) is 2. The molecule has 7 nitrogen and oxygen atoms in total. The average molecular weight is 389 g/mol. The Morgan fingerprint density at radius 3 is 2.52 bits per heavy atom. The second-order valence-corrected chi connectivity index (χ2v) is 6.24. The van der Waals surface area contributed by atoms with Crippen LogP contribution in [0.5, 0.6) is 0 Å². The van der Waals surface area contributed by atoms with Gasteiger partial charge in [0.05, 0.1) is 0 Å². The molecular formula is C21H16FN5O2. The highest BCUT2D eigenvalue weighted by Crippen LogP contribution is 2.21. The van der Waals surface area contributed by atoms with Gasteiger partial charge >= 0.3 is 0 Å². The maximum absolute atomic E-state index is 13.4. The maximum Gasteiger partial charge on any atom is 0.274 e. The summed E-state index contributed by atoms with van der Waals surface area (Å²) >= 11 is 0. The summed E-state index contributed by atoms with van der Waals surface area (Å²) in [4.78, 5) is 21.6. The van der Waals surface area contributed by atoms with E-state index in [0.29, 0.717) is 28.9 Å². The molecule has 2 heterocycles. The van der Waals surface area contributed by atoms with Crippen LogP contribution >= 0.6 is 0 Å². The Morgan fingerprint density at radius 2 is 1.79 bits per heavy atom. The van der Waals surface area contributed by atoms with Crippen molar-refractivity contribution >= 4 is 23.2 Å². The molecular weight excluding hydrogens is 373 g/mol. The number of hydrogen-bond acceptors (Lipinski definition) is 6. The summed E-state index contributed by atoms with van der Waals surface area (Å²) in [6.45, 7) is 1.77. The number of rotatable bonds is 5. The summed E-state index contributed by atoms with van der Waals surface area (Å²) in [6.07, 6.45) is 0. The lowest BCUT2D eigenvalue weighted by Crippen LogP contribution is -2.15. The Labute approximate surface area is 165 Å². The average Bonchev–Trinajstić information content (AvgIpc) is 3.13. The third-order valence-corrected chi connectivity index (χ3v) is 3.96. The van der Waals surface area contributed by atoms with Gasteiger partial charge in [-0.05, 0) is 25.1 Å². The minimum atomic E-state index is -0.491. The first-order valence-corrected chi connectivity index (χ1v) is 8.78. The highest BCUT2D eigenvalue weighted by Gasteiger charge is 2.15. The number of nitrogens with zero attached hydrogens (tertiary/aromatic N) is 3. The van der Waals surface area contributed by atoms with Gasteiger partial charge in [0.1, 0.15) is 23.1 Å². The molecule has 2 aromatic carbocycles. The zero-order valence-corrected chi connectivity index (χ0v) is 15.4. The van der Waals surface area contributed by atoms with Crippen LogP contribution in [0.4, 0.5) is 21.7 Å². The topological polar surface area (TPSA) is 92.9 Å². The molecule has 0 aliphatic carbocycles. The molecule has 0 spiro atoms. The monoisotopic (exact) mass is 389 g/mol. The Hall–Kier alpha value is -4.07. The minimum absolute atomic E-state index is 0.117. The van der Waals surface area contributed by atoms with Crippen molar-refractivity contribution in [2.45, 2.75) is 6.92 Å². The van der Waals surface area contributed by atoms with Crippen LogP contribution < -0.4 is 10.6 Å². The molecule has 0 radical (unpaired) electrons. The van der Waals surface area contributed by atoms with Crippen LogP contribution in [0.1, 0.15) is 16.2 Å². The number of hydrogen-bond donors (Lipinski definition) is 2. The molecule has 0 fully saturated rings. The Balaban J connectivity index is 1.69. The van der Waals surface area contributed by atoms with Crippen molar-refractivity contribution in [3.05, 3.63) is 84.0 Å². The molecule has 4 rings (SSSR count). The largest absolute Gasteiger partial charge is 0.360 e. The van der Waals surface area contributed by atoms with Crippen molar-refractivity contribution in [2.75, 3.05) is 10.6 Å². The third-order valence-electron chi connectivity index (χ3n) is 3.96. The Bertz CT molecular complexity index is 1160. The molecule has 29 heavy (non-hydrogen) atoms. The fourth-order valence-corrected chi connectivity index (χ4v) is 2.66. The number of carbonyl (C=O) groups excluding carboxylic acids is 1. The van der Waals surface area contributed by atoms with E-state index in [1.54, 1.807) is 19.1 Å². The molecule has 144 valence electrons. The second-order valence-electron chi connectivity index (χ2n) is 6.24. The van der Waals surface area contributed by atoms with Crippen molar-refractivity contribution in [3.63, 3.8) is 0 Å². The molecule has 0 saturated heterocycles. The molecule has 0 unspecified atom stereocenters. The molecule has 1 amide bonds. The van der Waals surface area contributed by atoms with Crippen LogP contribution in [0, 0.1) is 12.7 Å². The van der Waals surface area contributed by atoms with E-state index in [0.717, 1.165) is 5.56 Å². The van der Waals surface area contributed by atoms with E-state index >= 15 is 0 Å². The lowest BCUT2D eigenvalue weighted by molar-refractivity contribution is 0.102. The zero-order chi connectivity index (χ0) is 20.2. The Kier molecular flexibility index (Phi) is 4.98. The van der Waals surface area contributed by atoms with Gasteiger partial charge in [0.2, 0.25) is 0 Å². The van der Waals surface area contributed by atoms with Gasteiger partial charge in [-0.3, -0.25) is 4.79 Å². The number of aryl methyl sites for hydroxylation is 1. The van der Waals surface area contributed by atoms with Gasteiger partial charge < -0.3 is 15.2 Å². The summed E-state index contributed by atoms with van der Waals surface area (Å²) in [7, 11) is 0. The van der Waals surface area contributed by atoms with Gasteiger partial charge in [-0.1, -0.05) is 41.6 Å². The molecule has 8 heteroatoms. The number of aromatic nitrogens is 3. The molecule has 4 aromatic rings. The van der Waals surface area contributed by atoms with E-state index in [1.807, 2.05) is 30.3 Å². The van der Waals surface area contributed by atoms with Gasteiger partial charge in [-0.15, -0.1) is 0 Å². The molecule has 2 aromatic heterocycles. The Morgan fingerprint density at radius 1 is 0.966 bits per heavy atom. The predicted octanol–water partition coefficient (Wildman–Crippen LogP) is 4.58. The van der Waals surface area contributed by atoms with Gasteiger partial charge in [0.25, 0.3) is 5.91 Å². The maximum atomic E-state index is 13.4. The fourth-order valence-electron chi connectivity index (χ4n) is 2.66. The van der Waals surface area contributed by atoms with Crippen molar-refractivity contribution in [1.29, 1.82) is 0 Å². The van der Waals surface area contributed by atoms with Crippen molar-refractivity contribution < 1.29 is 13.7 Å². The first-order valence-electron chi connectivity index (χ1n) is 8.78. The first kappa shape index (κ1) is 18.3. The number of amides is 1. The van der Waals surface area contributed by atoms with Crippen molar-refractivity contribution in [2.24, 2.45) is 0 Å². The number of anilines is 3. The molecule has 0 bridgehead atoms. The summed E-state index contributed by atoms with van der Waals surface area (Å²) in [6, 6.07) is 18.1. The molecule has 0 aliphatic heterocycles. The highest BCUT2D eigenvalue weighted by molar-refractivity contribution is 6.03. The van der Waals surface area contributed by atoms with E-state index in [9.17, 15) is 9.18 Å². The fraction of sp³-hybridized carbons (Fsp3) is 0.0476. The smallest absolute Gasteiger partial charge is 0.274 e. The highest BCUT2D eigenvalue weighted by atomic mass is 19.1. The van der Waals surface area contributed by atoms with E-state index in [-0.39, 0.29) is 5.69 Å². The number of carbonyl (C=O) groups is 1. The molecule has 0 atom stereocenters. The molecule has 0 saturated carbocycles. The van der Waals surface area contributed by atoms with Gasteiger partial charge in [0.15, 0.2) is 11.6 Å². The summed E-state index contributed by atoms with van der Waals surface area (Å²) < 4.78 is 18.5. The molecule has 2 N–H and O–H groups in total. The van der Waals surface area contributed by atoms with Gasteiger partial charge in [-0.25, -0.2) is 14.4 Å². The van der Waals surface area contributed by atoms with Crippen molar-refractivity contribution in [1.82, 2.24) is 15.1 Å². The second kappa shape index (κ2) is 7.89. The van der Waals surface area contributed by atoms with Crippen LogP contribution in [0.25, 0.3) is 11.4 Å². The van der Waals surface area contributed by atoms with Crippen LogP contribution in [-0.4, -0.2) is 21.0 Å². The van der Waals surface area contributed by atoms with Gasteiger partial charge in [0, 0.05) is 23.4 Å². The summed E-state index contributed by atoms with van der Waals surface area (Å²) in [5.74, 6) is 0.885. The SMILES string of the molecule is Cc1cc(Nc2cc(C(=O)Nc3cccc(F)c3)nc(-c3ccccc3)n2)no1. The summed E-state index contributed by atoms with van der Waals surface area (Å²) in [5.41, 5.74) is 1.19. The van der Waals surface area contributed by atoms with Crippen LogP contribution in [0.3, 0.4) is 0 Å². The van der Waals surface area contributed by atoms with Crippen LogP contribution in [-0.2, 0) is 0 Å².